The molecule has 1 N–H and O–H groups in total. The molecule has 1 aliphatic heterocycles. The van der Waals surface area contributed by atoms with Crippen molar-refractivity contribution in [1.29, 1.82) is 0 Å². The standard InChI is InChI=1S/C19H15N3O5S2/c1-20(2)14-7-6-11(8-15(14)22(26)27)9-16-17(23)21(19(28)29-16)13-5-3-4-12(10-13)18(24)25/h3-10H,1-2H3,(H,24,25). The number of carboxylic acid groups (broad SMARTS) is 1. The zero-order chi connectivity index (χ0) is 21.3. The summed E-state index contributed by atoms with van der Waals surface area (Å²) in [5.74, 6) is -1.52. The summed E-state index contributed by atoms with van der Waals surface area (Å²) in [7, 11) is 3.41. The van der Waals surface area contributed by atoms with E-state index in [1.54, 1.807) is 37.2 Å². The van der Waals surface area contributed by atoms with Gasteiger partial charge in [-0.2, -0.15) is 0 Å². The van der Waals surface area contributed by atoms with E-state index >= 15 is 0 Å². The summed E-state index contributed by atoms with van der Waals surface area (Å²) in [5, 5.41) is 20.5. The van der Waals surface area contributed by atoms with Gasteiger partial charge in [0.2, 0.25) is 0 Å². The molecule has 29 heavy (non-hydrogen) atoms. The van der Waals surface area contributed by atoms with E-state index in [1.165, 1.54) is 35.2 Å². The zero-order valence-corrected chi connectivity index (χ0v) is 17.0. The molecule has 0 aliphatic carbocycles. The molecule has 0 bridgehead atoms. The predicted octanol–water partition coefficient (Wildman–Crippen LogP) is 3.76. The van der Waals surface area contributed by atoms with E-state index in [9.17, 15) is 19.7 Å². The highest BCUT2D eigenvalue weighted by Crippen LogP contribution is 2.37. The number of carbonyl (C=O) groups excluding carboxylic acids is 1. The molecule has 0 saturated carbocycles. The summed E-state index contributed by atoms with van der Waals surface area (Å²) in [5.41, 5.74) is 1.25. The van der Waals surface area contributed by atoms with Crippen molar-refractivity contribution in [1.82, 2.24) is 0 Å². The van der Waals surface area contributed by atoms with E-state index in [2.05, 4.69) is 0 Å². The molecule has 0 unspecified atom stereocenters. The molecular weight excluding hydrogens is 414 g/mol. The maximum absolute atomic E-state index is 12.9. The fourth-order valence-electron chi connectivity index (χ4n) is 2.77. The topological polar surface area (TPSA) is 104 Å². The Morgan fingerprint density at radius 2 is 2.00 bits per heavy atom. The minimum atomic E-state index is -1.11. The number of hydrogen-bond acceptors (Lipinski definition) is 7. The summed E-state index contributed by atoms with van der Waals surface area (Å²) in [6.45, 7) is 0. The van der Waals surface area contributed by atoms with Crippen LogP contribution in [0.25, 0.3) is 6.08 Å². The van der Waals surface area contributed by atoms with Gasteiger partial charge in [0.1, 0.15) is 5.69 Å². The first-order valence-corrected chi connectivity index (χ1v) is 9.48. The van der Waals surface area contributed by atoms with E-state index < -0.39 is 16.8 Å². The van der Waals surface area contributed by atoms with Crippen molar-refractivity contribution in [3.05, 3.63) is 68.6 Å². The Hall–Kier alpha value is -3.24. The Bertz CT molecular complexity index is 1080. The lowest BCUT2D eigenvalue weighted by molar-refractivity contribution is -0.384. The maximum Gasteiger partial charge on any atom is 0.335 e. The Labute approximate surface area is 175 Å². The highest BCUT2D eigenvalue weighted by molar-refractivity contribution is 8.27. The Morgan fingerprint density at radius 1 is 1.28 bits per heavy atom. The molecule has 0 radical (unpaired) electrons. The van der Waals surface area contributed by atoms with E-state index in [0.29, 0.717) is 21.8 Å². The van der Waals surface area contributed by atoms with Crippen LogP contribution in [0.1, 0.15) is 15.9 Å². The van der Waals surface area contributed by atoms with Gasteiger partial charge in [0.15, 0.2) is 4.32 Å². The first-order chi connectivity index (χ1) is 13.7. The maximum atomic E-state index is 12.9. The van der Waals surface area contributed by atoms with Crippen LogP contribution in [-0.2, 0) is 4.79 Å². The van der Waals surface area contributed by atoms with E-state index in [4.69, 9.17) is 17.3 Å². The third kappa shape index (κ3) is 4.13. The number of carbonyl (C=O) groups is 2. The minimum Gasteiger partial charge on any atom is -0.478 e. The van der Waals surface area contributed by atoms with E-state index in [0.717, 1.165) is 11.8 Å². The number of carboxylic acids is 1. The Balaban J connectivity index is 1.96. The van der Waals surface area contributed by atoms with Gasteiger partial charge in [-0.3, -0.25) is 19.8 Å². The minimum absolute atomic E-state index is 0.0374. The van der Waals surface area contributed by atoms with Crippen molar-refractivity contribution in [2.45, 2.75) is 0 Å². The normalized spacial score (nSPS) is 15.1. The van der Waals surface area contributed by atoms with Gasteiger partial charge in [0, 0.05) is 20.2 Å². The number of amides is 1. The molecule has 0 spiro atoms. The fraction of sp³-hybridized carbons (Fsp3) is 0.105. The van der Waals surface area contributed by atoms with Gasteiger partial charge < -0.3 is 10.0 Å². The highest BCUT2D eigenvalue weighted by Gasteiger charge is 2.33. The lowest BCUT2D eigenvalue weighted by atomic mass is 10.1. The largest absolute Gasteiger partial charge is 0.478 e. The summed E-state index contributed by atoms with van der Waals surface area (Å²) in [6.07, 6.45) is 1.53. The second-order valence-corrected chi connectivity index (χ2v) is 7.95. The quantitative estimate of drug-likeness (QED) is 0.332. The molecule has 3 rings (SSSR count). The first kappa shape index (κ1) is 20.5. The number of benzene rings is 2. The number of rotatable bonds is 5. The number of thioether (sulfide) groups is 1. The highest BCUT2D eigenvalue weighted by atomic mass is 32.2. The zero-order valence-electron chi connectivity index (χ0n) is 15.4. The van der Waals surface area contributed by atoms with Crippen LogP contribution in [0.4, 0.5) is 17.1 Å². The van der Waals surface area contributed by atoms with Crippen LogP contribution in [0.5, 0.6) is 0 Å². The molecule has 0 atom stereocenters. The molecule has 148 valence electrons. The molecule has 1 aliphatic rings. The summed E-state index contributed by atoms with van der Waals surface area (Å²) < 4.78 is 0.253. The number of hydrogen-bond donors (Lipinski definition) is 1. The van der Waals surface area contributed by atoms with Crippen LogP contribution in [0.15, 0.2) is 47.4 Å². The fourth-order valence-corrected chi connectivity index (χ4v) is 4.07. The van der Waals surface area contributed by atoms with Crippen LogP contribution < -0.4 is 9.80 Å². The second kappa shape index (κ2) is 8.02. The van der Waals surface area contributed by atoms with Gasteiger partial charge in [-0.15, -0.1) is 0 Å². The Kier molecular flexibility index (Phi) is 5.66. The van der Waals surface area contributed by atoms with Gasteiger partial charge in [-0.1, -0.05) is 36.1 Å². The predicted molar refractivity (Wildman–Crippen MR) is 116 cm³/mol. The average molecular weight is 429 g/mol. The van der Waals surface area contributed by atoms with Crippen molar-refractivity contribution >= 4 is 63.3 Å². The van der Waals surface area contributed by atoms with Crippen molar-refractivity contribution < 1.29 is 19.6 Å². The number of aromatic carboxylic acids is 1. The summed E-state index contributed by atoms with van der Waals surface area (Å²) in [4.78, 5) is 38.1. The molecular formula is C19H15N3O5S2. The number of nitro benzene ring substituents is 1. The number of thiocarbonyl (C=S) groups is 1. The van der Waals surface area contributed by atoms with Gasteiger partial charge in [-0.25, -0.2) is 4.79 Å². The summed E-state index contributed by atoms with van der Waals surface area (Å²) >= 11 is 6.34. The SMILES string of the molecule is CN(C)c1ccc(C=C2SC(=S)N(c3cccc(C(=O)O)c3)C2=O)cc1[N+](=O)[O-]. The van der Waals surface area contributed by atoms with Crippen LogP contribution >= 0.6 is 24.0 Å². The van der Waals surface area contributed by atoms with Crippen molar-refractivity contribution in [3.8, 4) is 0 Å². The molecule has 1 fully saturated rings. The second-order valence-electron chi connectivity index (χ2n) is 6.27. The van der Waals surface area contributed by atoms with Gasteiger partial charge in [0.05, 0.1) is 21.1 Å². The molecule has 2 aromatic carbocycles. The molecule has 8 nitrogen and oxygen atoms in total. The average Bonchev–Trinajstić information content (AvgIpc) is 2.94. The molecule has 1 heterocycles. The Morgan fingerprint density at radius 3 is 2.62 bits per heavy atom. The van der Waals surface area contributed by atoms with Crippen LogP contribution in [0, 0.1) is 10.1 Å². The van der Waals surface area contributed by atoms with Gasteiger partial charge >= 0.3 is 5.97 Å². The van der Waals surface area contributed by atoms with Crippen LogP contribution in [0.3, 0.4) is 0 Å². The lowest BCUT2D eigenvalue weighted by Gasteiger charge is -2.15. The smallest absolute Gasteiger partial charge is 0.335 e. The van der Waals surface area contributed by atoms with Crippen LogP contribution in [-0.4, -0.2) is 40.3 Å². The number of nitrogens with zero attached hydrogens (tertiary/aromatic N) is 3. The molecule has 10 heteroatoms. The van der Waals surface area contributed by atoms with Crippen molar-refractivity contribution in [2.24, 2.45) is 0 Å². The lowest BCUT2D eigenvalue weighted by Crippen LogP contribution is -2.27. The number of nitro groups is 1. The van der Waals surface area contributed by atoms with E-state index in [-0.39, 0.29) is 15.6 Å². The molecule has 1 amide bonds. The van der Waals surface area contributed by atoms with E-state index in [1.807, 2.05) is 0 Å². The van der Waals surface area contributed by atoms with Crippen molar-refractivity contribution in [3.63, 3.8) is 0 Å². The van der Waals surface area contributed by atoms with Crippen LogP contribution in [0.2, 0.25) is 0 Å². The third-order valence-electron chi connectivity index (χ3n) is 4.12. The first-order valence-electron chi connectivity index (χ1n) is 8.26. The molecule has 1 saturated heterocycles. The van der Waals surface area contributed by atoms with Crippen molar-refractivity contribution in [2.75, 3.05) is 23.9 Å². The van der Waals surface area contributed by atoms with Gasteiger partial charge in [-0.05, 0) is 35.9 Å². The number of anilines is 2. The monoisotopic (exact) mass is 429 g/mol. The third-order valence-corrected chi connectivity index (χ3v) is 5.42. The van der Waals surface area contributed by atoms with Gasteiger partial charge in [0.25, 0.3) is 11.6 Å². The molecule has 2 aromatic rings. The summed E-state index contributed by atoms with van der Waals surface area (Å²) in [6, 6.07) is 10.6. The molecule has 0 aromatic heterocycles.